The van der Waals surface area contributed by atoms with Crippen LogP contribution in [0.15, 0.2) is 34.2 Å². The molecule has 0 aliphatic heterocycles. The molecule has 0 bridgehead atoms. The zero-order valence-corrected chi connectivity index (χ0v) is 19.3. The summed E-state index contributed by atoms with van der Waals surface area (Å²) in [6, 6.07) is 8.20. The summed E-state index contributed by atoms with van der Waals surface area (Å²) in [5.74, 6) is 0.299. The fraction of sp³-hybridized carbons (Fsp3) is 0.478. The molecular formula is C23H28N4O3S. The zero-order chi connectivity index (χ0) is 22.2. The number of carbonyl (C=O) groups is 1. The standard InChI is InChI=1S/C23H28N4O3S/c1-5-12-26-21-24-19-16-11-9-8-10-15(16)13-23(4,6-2)18(19)20(29)27(21)22(25-26)31-14-17(28)30-7-3/h8-11H,5-7,12-14H2,1-4H3. The zero-order valence-electron chi connectivity index (χ0n) is 18.5. The maximum Gasteiger partial charge on any atom is 0.316 e. The van der Waals surface area contributed by atoms with Crippen LogP contribution in [0.5, 0.6) is 0 Å². The molecule has 3 aromatic rings. The molecule has 0 N–H and O–H groups in total. The van der Waals surface area contributed by atoms with Gasteiger partial charge in [-0.15, -0.1) is 5.10 Å². The molecule has 2 aromatic heterocycles. The number of aryl methyl sites for hydroxylation is 1. The number of benzene rings is 1. The molecule has 8 heteroatoms. The molecule has 1 aromatic carbocycles. The minimum Gasteiger partial charge on any atom is -0.465 e. The molecule has 1 aliphatic rings. The summed E-state index contributed by atoms with van der Waals surface area (Å²) in [7, 11) is 0. The second-order valence-electron chi connectivity index (χ2n) is 8.12. The summed E-state index contributed by atoms with van der Waals surface area (Å²) in [5, 5.41) is 5.13. The molecule has 0 spiro atoms. The van der Waals surface area contributed by atoms with Crippen LogP contribution in [0.25, 0.3) is 17.0 Å². The van der Waals surface area contributed by atoms with Gasteiger partial charge in [-0.1, -0.05) is 56.8 Å². The van der Waals surface area contributed by atoms with E-state index in [1.54, 1.807) is 16.0 Å². The van der Waals surface area contributed by atoms with Crippen LogP contribution in [-0.2, 0) is 27.9 Å². The molecule has 0 radical (unpaired) electrons. The van der Waals surface area contributed by atoms with Gasteiger partial charge in [0.1, 0.15) is 0 Å². The van der Waals surface area contributed by atoms with Crippen molar-refractivity contribution in [2.75, 3.05) is 12.4 Å². The topological polar surface area (TPSA) is 78.5 Å². The molecule has 31 heavy (non-hydrogen) atoms. The van der Waals surface area contributed by atoms with E-state index in [1.807, 2.05) is 18.2 Å². The quantitative estimate of drug-likeness (QED) is 0.410. The van der Waals surface area contributed by atoms with E-state index in [-0.39, 0.29) is 22.7 Å². The third-order valence-electron chi connectivity index (χ3n) is 5.99. The van der Waals surface area contributed by atoms with Gasteiger partial charge < -0.3 is 4.74 Å². The third-order valence-corrected chi connectivity index (χ3v) is 6.89. The van der Waals surface area contributed by atoms with Crippen LogP contribution >= 0.6 is 11.8 Å². The average molecular weight is 441 g/mol. The van der Waals surface area contributed by atoms with Crippen molar-refractivity contribution >= 4 is 23.5 Å². The lowest BCUT2D eigenvalue weighted by Gasteiger charge is -2.35. The molecule has 1 unspecified atom stereocenters. The van der Waals surface area contributed by atoms with Gasteiger partial charge >= 0.3 is 5.97 Å². The van der Waals surface area contributed by atoms with Gasteiger partial charge in [0.2, 0.25) is 5.78 Å². The summed E-state index contributed by atoms with van der Waals surface area (Å²) in [4.78, 5) is 30.8. The van der Waals surface area contributed by atoms with Crippen LogP contribution in [0.1, 0.15) is 51.7 Å². The highest BCUT2D eigenvalue weighted by molar-refractivity contribution is 7.99. The van der Waals surface area contributed by atoms with Gasteiger partial charge in [-0.3, -0.25) is 9.59 Å². The number of hydrogen-bond acceptors (Lipinski definition) is 6. The summed E-state index contributed by atoms with van der Waals surface area (Å²) >= 11 is 1.22. The first-order valence-corrected chi connectivity index (χ1v) is 11.8. The number of fused-ring (bicyclic) bond motifs is 4. The van der Waals surface area contributed by atoms with Gasteiger partial charge in [0.25, 0.3) is 5.56 Å². The van der Waals surface area contributed by atoms with E-state index in [9.17, 15) is 9.59 Å². The predicted octanol–water partition coefficient (Wildman–Crippen LogP) is 3.85. The first-order valence-electron chi connectivity index (χ1n) is 10.8. The fourth-order valence-electron chi connectivity index (χ4n) is 4.28. The van der Waals surface area contributed by atoms with Crippen LogP contribution < -0.4 is 5.56 Å². The number of thioether (sulfide) groups is 1. The predicted molar refractivity (Wildman–Crippen MR) is 122 cm³/mol. The number of esters is 1. The second-order valence-corrected chi connectivity index (χ2v) is 9.07. The van der Waals surface area contributed by atoms with Crippen molar-refractivity contribution < 1.29 is 9.53 Å². The van der Waals surface area contributed by atoms with E-state index in [0.29, 0.717) is 24.1 Å². The Morgan fingerprint density at radius 2 is 2.03 bits per heavy atom. The third kappa shape index (κ3) is 3.67. The van der Waals surface area contributed by atoms with E-state index < -0.39 is 0 Å². The van der Waals surface area contributed by atoms with E-state index in [2.05, 4.69) is 31.9 Å². The summed E-state index contributed by atoms with van der Waals surface area (Å²) in [5.41, 5.74) is 3.33. The average Bonchev–Trinajstić information content (AvgIpc) is 3.10. The van der Waals surface area contributed by atoms with Crippen LogP contribution in [0.3, 0.4) is 0 Å². The van der Waals surface area contributed by atoms with Crippen LogP contribution in [0, 0.1) is 0 Å². The van der Waals surface area contributed by atoms with Crippen LogP contribution in [0.2, 0.25) is 0 Å². The molecule has 2 heterocycles. The lowest BCUT2D eigenvalue weighted by Crippen LogP contribution is -2.38. The molecule has 0 amide bonds. The fourth-order valence-corrected chi connectivity index (χ4v) is 5.06. The lowest BCUT2D eigenvalue weighted by molar-refractivity contribution is -0.139. The molecule has 7 nitrogen and oxygen atoms in total. The molecule has 164 valence electrons. The van der Waals surface area contributed by atoms with Crippen molar-refractivity contribution in [3.05, 3.63) is 45.7 Å². The van der Waals surface area contributed by atoms with Crippen molar-refractivity contribution in [3.63, 3.8) is 0 Å². The second kappa shape index (κ2) is 8.49. The molecule has 4 rings (SSSR count). The van der Waals surface area contributed by atoms with Crippen molar-refractivity contribution in [1.29, 1.82) is 0 Å². The Labute approximate surface area is 185 Å². The Morgan fingerprint density at radius 3 is 2.74 bits per heavy atom. The van der Waals surface area contributed by atoms with Gasteiger partial charge in [-0.25, -0.2) is 14.1 Å². The Hall–Kier alpha value is -2.61. The normalized spacial score (nSPS) is 17.4. The SMILES string of the molecule is CCCn1nc(SCC(=O)OCC)n2c(=O)c3c(nc12)-c1ccccc1CC3(C)CC. The van der Waals surface area contributed by atoms with E-state index in [0.717, 1.165) is 36.1 Å². The number of aromatic nitrogens is 4. The Balaban J connectivity index is 1.96. The minimum absolute atomic E-state index is 0.0902. The largest absolute Gasteiger partial charge is 0.465 e. The highest BCUT2D eigenvalue weighted by Crippen LogP contribution is 2.42. The first kappa shape index (κ1) is 21.6. The molecular weight excluding hydrogens is 412 g/mol. The molecule has 1 atom stereocenters. The van der Waals surface area contributed by atoms with Gasteiger partial charge in [-0.2, -0.15) is 0 Å². The summed E-state index contributed by atoms with van der Waals surface area (Å²) in [6.07, 6.45) is 2.48. The van der Waals surface area contributed by atoms with Crippen molar-refractivity contribution in [2.45, 2.75) is 64.1 Å². The number of ether oxygens (including phenoxy) is 1. The molecule has 0 saturated carbocycles. The van der Waals surface area contributed by atoms with Gasteiger partial charge in [-0.05, 0) is 31.7 Å². The Morgan fingerprint density at radius 1 is 1.26 bits per heavy atom. The van der Waals surface area contributed by atoms with Gasteiger partial charge in [0.05, 0.1) is 23.6 Å². The number of rotatable bonds is 7. The van der Waals surface area contributed by atoms with Crippen LogP contribution in [-0.4, -0.2) is 37.5 Å². The molecule has 0 fully saturated rings. The smallest absolute Gasteiger partial charge is 0.316 e. The van der Waals surface area contributed by atoms with E-state index >= 15 is 0 Å². The Kier molecular flexibility index (Phi) is 5.92. The molecule has 1 aliphatic carbocycles. The minimum atomic E-state index is -0.322. The maximum absolute atomic E-state index is 13.9. The highest BCUT2D eigenvalue weighted by atomic mass is 32.2. The van der Waals surface area contributed by atoms with Crippen LogP contribution in [0.4, 0.5) is 0 Å². The van der Waals surface area contributed by atoms with Crippen molar-refractivity contribution in [3.8, 4) is 11.3 Å². The number of nitrogens with zero attached hydrogens (tertiary/aromatic N) is 4. The van der Waals surface area contributed by atoms with Gasteiger partial charge in [0, 0.05) is 17.5 Å². The van der Waals surface area contributed by atoms with E-state index in [1.165, 1.54) is 17.3 Å². The van der Waals surface area contributed by atoms with Gasteiger partial charge in [0.15, 0.2) is 5.16 Å². The summed E-state index contributed by atoms with van der Waals surface area (Å²) < 4.78 is 8.40. The highest BCUT2D eigenvalue weighted by Gasteiger charge is 2.38. The monoisotopic (exact) mass is 440 g/mol. The van der Waals surface area contributed by atoms with Crippen molar-refractivity contribution in [2.24, 2.45) is 0 Å². The number of hydrogen-bond donors (Lipinski definition) is 0. The first-order chi connectivity index (χ1) is 14.9. The Bertz CT molecular complexity index is 1200. The summed E-state index contributed by atoms with van der Waals surface area (Å²) in [6.45, 7) is 9.05. The van der Waals surface area contributed by atoms with Crippen molar-refractivity contribution in [1.82, 2.24) is 19.2 Å². The maximum atomic E-state index is 13.9. The molecule has 0 saturated heterocycles. The number of carbonyl (C=O) groups excluding carboxylic acids is 1. The lowest BCUT2D eigenvalue weighted by atomic mass is 9.69. The van der Waals surface area contributed by atoms with E-state index in [4.69, 9.17) is 9.72 Å².